The fourth-order valence-electron chi connectivity index (χ4n) is 2.60. The second-order valence-corrected chi connectivity index (χ2v) is 4.97. The van der Waals surface area contributed by atoms with Crippen LogP contribution >= 0.6 is 0 Å². The lowest BCUT2D eigenvalue weighted by molar-refractivity contribution is -0.146. The van der Waals surface area contributed by atoms with Crippen LogP contribution in [-0.2, 0) is 19.1 Å². The molecule has 2 rings (SSSR count). The Labute approximate surface area is 133 Å². The molecule has 1 aliphatic heterocycles. The second-order valence-electron chi connectivity index (χ2n) is 4.97. The molecule has 1 aromatic rings. The number of rotatable bonds is 5. The van der Waals surface area contributed by atoms with Crippen molar-refractivity contribution >= 4 is 17.7 Å². The van der Waals surface area contributed by atoms with Crippen LogP contribution in [0.3, 0.4) is 0 Å². The largest absolute Gasteiger partial charge is 0.503 e. The third-order valence-electron chi connectivity index (χ3n) is 3.64. The summed E-state index contributed by atoms with van der Waals surface area (Å²) in [6.07, 6.45) is 0. The number of para-hydroxylation sites is 1. The number of benzene rings is 1. The summed E-state index contributed by atoms with van der Waals surface area (Å²) in [5, 5.41) is 10.1. The minimum atomic E-state index is -0.907. The molecule has 122 valence electrons. The zero-order chi connectivity index (χ0) is 17.1. The van der Waals surface area contributed by atoms with Gasteiger partial charge in [-0.15, -0.1) is 0 Å². The van der Waals surface area contributed by atoms with Gasteiger partial charge in [-0.3, -0.25) is 14.4 Å². The van der Waals surface area contributed by atoms with Gasteiger partial charge in [-0.1, -0.05) is 18.2 Å². The van der Waals surface area contributed by atoms with Crippen LogP contribution < -0.4 is 4.74 Å². The van der Waals surface area contributed by atoms with Crippen LogP contribution in [0.25, 0.3) is 0 Å². The van der Waals surface area contributed by atoms with Crippen molar-refractivity contribution in [2.75, 3.05) is 20.8 Å². The molecule has 0 fully saturated rings. The molecule has 0 saturated carbocycles. The molecule has 0 saturated heterocycles. The average Bonchev–Trinajstić information content (AvgIpc) is 2.79. The minimum Gasteiger partial charge on any atom is -0.503 e. The van der Waals surface area contributed by atoms with Gasteiger partial charge in [-0.25, -0.2) is 0 Å². The number of hydrogen-bond donors (Lipinski definition) is 1. The Morgan fingerprint density at radius 3 is 2.48 bits per heavy atom. The molecule has 0 aliphatic carbocycles. The monoisotopic (exact) mass is 319 g/mol. The van der Waals surface area contributed by atoms with Gasteiger partial charge >= 0.3 is 5.97 Å². The third kappa shape index (κ3) is 2.90. The number of methoxy groups -OCH3 is 2. The van der Waals surface area contributed by atoms with Gasteiger partial charge in [-0.2, -0.15) is 0 Å². The highest BCUT2D eigenvalue weighted by Gasteiger charge is 2.44. The van der Waals surface area contributed by atoms with E-state index in [2.05, 4.69) is 4.74 Å². The van der Waals surface area contributed by atoms with E-state index in [4.69, 9.17) is 4.74 Å². The molecule has 0 unspecified atom stereocenters. The van der Waals surface area contributed by atoms with Crippen molar-refractivity contribution in [1.29, 1.82) is 0 Å². The first-order valence-electron chi connectivity index (χ1n) is 6.87. The SMILES string of the molecule is COC(=O)CN1C(=O)C(O)=C(C(C)=O)[C@H]1c1ccccc1OC. The fraction of sp³-hybridized carbons (Fsp3) is 0.312. The van der Waals surface area contributed by atoms with E-state index >= 15 is 0 Å². The maximum atomic E-state index is 12.3. The highest BCUT2D eigenvalue weighted by Crippen LogP contribution is 2.41. The smallest absolute Gasteiger partial charge is 0.325 e. The van der Waals surface area contributed by atoms with E-state index in [1.165, 1.54) is 21.1 Å². The van der Waals surface area contributed by atoms with Gasteiger partial charge < -0.3 is 19.5 Å². The number of hydrogen-bond acceptors (Lipinski definition) is 6. The highest BCUT2D eigenvalue weighted by atomic mass is 16.5. The summed E-state index contributed by atoms with van der Waals surface area (Å²) in [7, 11) is 2.65. The normalized spacial score (nSPS) is 17.4. The van der Waals surface area contributed by atoms with Gasteiger partial charge in [0.1, 0.15) is 12.3 Å². The average molecular weight is 319 g/mol. The Morgan fingerprint density at radius 2 is 1.91 bits per heavy atom. The number of ether oxygens (including phenoxy) is 2. The molecule has 1 aliphatic rings. The van der Waals surface area contributed by atoms with Gasteiger partial charge in [0, 0.05) is 5.56 Å². The number of aliphatic hydroxyl groups is 1. The van der Waals surface area contributed by atoms with Crippen molar-refractivity contribution in [3.63, 3.8) is 0 Å². The van der Waals surface area contributed by atoms with E-state index in [-0.39, 0.29) is 12.1 Å². The fourth-order valence-corrected chi connectivity index (χ4v) is 2.60. The highest BCUT2D eigenvalue weighted by molar-refractivity contribution is 6.08. The van der Waals surface area contributed by atoms with Crippen LogP contribution in [0.4, 0.5) is 0 Å². The van der Waals surface area contributed by atoms with Crippen molar-refractivity contribution in [2.45, 2.75) is 13.0 Å². The zero-order valence-corrected chi connectivity index (χ0v) is 13.0. The lowest BCUT2D eigenvalue weighted by atomic mass is 9.96. The lowest BCUT2D eigenvalue weighted by Gasteiger charge is -2.26. The number of esters is 1. The summed E-state index contributed by atoms with van der Waals surface area (Å²) < 4.78 is 9.85. The Bertz CT molecular complexity index is 694. The molecule has 0 radical (unpaired) electrons. The molecule has 0 bridgehead atoms. The van der Waals surface area contributed by atoms with E-state index < -0.39 is 29.5 Å². The van der Waals surface area contributed by atoms with E-state index in [1.807, 2.05) is 0 Å². The molecule has 1 aromatic carbocycles. The van der Waals surface area contributed by atoms with Gasteiger partial charge in [0.25, 0.3) is 5.91 Å². The zero-order valence-electron chi connectivity index (χ0n) is 13.0. The van der Waals surface area contributed by atoms with Crippen LogP contribution in [-0.4, -0.2) is 48.4 Å². The summed E-state index contributed by atoms with van der Waals surface area (Å²) in [5.74, 6) is -2.13. The topological polar surface area (TPSA) is 93.1 Å². The molecule has 0 spiro atoms. The summed E-state index contributed by atoms with van der Waals surface area (Å²) in [6.45, 7) is 0.863. The number of nitrogens with zero attached hydrogens (tertiary/aromatic N) is 1. The second kappa shape index (κ2) is 6.51. The molecule has 0 aromatic heterocycles. The predicted octanol–water partition coefficient (Wildman–Crippen LogP) is 1.15. The first kappa shape index (κ1) is 16.5. The molecular formula is C16H17NO6. The van der Waals surface area contributed by atoms with Crippen LogP contribution in [0.2, 0.25) is 0 Å². The Kier molecular flexibility index (Phi) is 4.68. The minimum absolute atomic E-state index is 0.0663. The quantitative estimate of drug-likeness (QED) is 0.818. The molecule has 7 nitrogen and oxygen atoms in total. The third-order valence-corrected chi connectivity index (χ3v) is 3.64. The van der Waals surface area contributed by atoms with E-state index in [0.717, 1.165) is 4.90 Å². The molecule has 1 atom stereocenters. The Balaban J connectivity index is 2.58. The number of aliphatic hydroxyl groups excluding tert-OH is 1. The number of carbonyl (C=O) groups is 3. The Morgan fingerprint density at radius 1 is 1.26 bits per heavy atom. The maximum absolute atomic E-state index is 12.3. The van der Waals surface area contributed by atoms with E-state index in [9.17, 15) is 19.5 Å². The maximum Gasteiger partial charge on any atom is 0.325 e. The number of ketones is 1. The number of carbonyl (C=O) groups excluding carboxylic acids is 3. The van der Waals surface area contributed by atoms with Crippen molar-refractivity contribution in [3.8, 4) is 5.75 Å². The first-order valence-corrected chi connectivity index (χ1v) is 6.87. The van der Waals surface area contributed by atoms with Crippen molar-refractivity contribution in [3.05, 3.63) is 41.2 Å². The van der Waals surface area contributed by atoms with Crippen LogP contribution in [0.1, 0.15) is 18.5 Å². The summed E-state index contributed by atoms with van der Waals surface area (Å²) in [5.41, 5.74) is 0.435. The van der Waals surface area contributed by atoms with Crippen molar-refractivity contribution in [1.82, 2.24) is 4.90 Å². The number of amides is 1. The predicted molar refractivity (Wildman–Crippen MR) is 79.8 cm³/mol. The van der Waals surface area contributed by atoms with Crippen molar-refractivity contribution in [2.24, 2.45) is 0 Å². The van der Waals surface area contributed by atoms with Crippen LogP contribution in [0.15, 0.2) is 35.6 Å². The molecular weight excluding hydrogens is 302 g/mol. The summed E-state index contributed by atoms with van der Waals surface area (Å²) in [4.78, 5) is 36.9. The summed E-state index contributed by atoms with van der Waals surface area (Å²) >= 11 is 0. The molecule has 1 heterocycles. The van der Waals surface area contributed by atoms with Gasteiger partial charge in [0.15, 0.2) is 11.5 Å². The van der Waals surface area contributed by atoms with Gasteiger partial charge in [0.05, 0.1) is 25.8 Å². The molecule has 23 heavy (non-hydrogen) atoms. The van der Waals surface area contributed by atoms with Crippen LogP contribution in [0.5, 0.6) is 5.75 Å². The number of Topliss-reactive ketones (excluding diaryl/α,β-unsaturated/α-hetero) is 1. The van der Waals surface area contributed by atoms with E-state index in [1.54, 1.807) is 24.3 Å². The van der Waals surface area contributed by atoms with Crippen molar-refractivity contribution < 1.29 is 29.0 Å². The summed E-state index contributed by atoms with van der Waals surface area (Å²) in [6, 6.07) is 5.88. The molecule has 1 amide bonds. The Hall–Kier alpha value is -2.83. The molecule has 1 N–H and O–H groups in total. The van der Waals surface area contributed by atoms with Gasteiger partial charge in [0.2, 0.25) is 0 Å². The van der Waals surface area contributed by atoms with Gasteiger partial charge in [-0.05, 0) is 13.0 Å². The lowest BCUT2D eigenvalue weighted by Crippen LogP contribution is -2.36. The molecule has 7 heteroatoms. The van der Waals surface area contributed by atoms with Crippen LogP contribution in [0, 0.1) is 0 Å². The standard InChI is InChI=1S/C16H17NO6/c1-9(18)13-14(10-6-4-5-7-11(10)22-2)17(8-12(19)23-3)16(21)15(13)20/h4-7,14,20H,8H2,1-3H3/t14-/m1/s1. The van der Waals surface area contributed by atoms with E-state index in [0.29, 0.717) is 11.3 Å². The first-order chi connectivity index (χ1) is 10.9.